The van der Waals surface area contributed by atoms with Crippen molar-refractivity contribution in [2.45, 2.75) is 6.04 Å². The molecule has 3 aromatic carbocycles. The Hall–Kier alpha value is -3.53. The fourth-order valence-corrected chi connectivity index (χ4v) is 3.26. The zero-order valence-corrected chi connectivity index (χ0v) is 13.8. The molecule has 0 aliphatic carbocycles. The Morgan fingerprint density at radius 3 is 1.65 bits per heavy atom. The molecular formula is C22H15NO3. The molecule has 0 saturated carbocycles. The number of benzene rings is 3. The van der Waals surface area contributed by atoms with Crippen LogP contribution in [0.3, 0.4) is 0 Å². The van der Waals surface area contributed by atoms with Crippen LogP contribution in [0.1, 0.15) is 42.7 Å². The van der Waals surface area contributed by atoms with Gasteiger partial charge in [0.1, 0.15) is 6.04 Å². The van der Waals surface area contributed by atoms with Crippen molar-refractivity contribution < 1.29 is 14.4 Å². The number of hydrogen-bond donors (Lipinski definition) is 0. The van der Waals surface area contributed by atoms with E-state index in [2.05, 4.69) is 0 Å². The Labute approximate surface area is 150 Å². The van der Waals surface area contributed by atoms with E-state index in [4.69, 9.17) is 0 Å². The summed E-state index contributed by atoms with van der Waals surface area (Å²) in [6, 6.07) is 23.3. The van der Waals surface area contributed by atoms with Crippen molar-refractivity contribution in [3.63, 3.8) is 0 Å². The molecule has 0 bridgehead atoms. The average Bonchev–Trinajstić information content (AvgIpc) is 2.95. The molecule has 3 aromatic rings. The number of imide groups is 1. The van der Waals surface area contributed by atoms with E-state index in [1.54, 1.807) is 72.8 Å². The first-order chi connectivity index (χ1) is 12.7. The molecule has 2 amide bonds. The second-order valence-corrected chi connectivity index (χ2v) is 6.07. The molecule has 26 heavy (non-hydrogen) atoms. The third-order valence-corrected chi connectivity index (χ3v) is 4.51. The predicted molar refractivity (Wildman–Crippen MR) is 96.9 cm³/mol. The molecular weight excluding hydrogens is 326 g/mol. The highest BCUT2D eigenvalue weighted by Gasteiger charge is 2.43. The number of Topliss-reactive ketones (excluding diaryl/α,β-unsaturated/α-hetero) is 1. The maximum absolute atomic E-state index is 13.2. The van der Waals surface area contributed by atoms with E-state index in [0.717, 1.165) is 4.90 Å². The first-order valence-electron chi connectivity index (χ1n) is 8.29. The van der Waals surface area contributed by atoms with Gasteiger partial charge in [0, 0.05) is 5.56 Å². The lowest BCUT2D eigenvalue weighted by Crippen LogP contribution is -2.38. The van der Waals surface area contributed by atoms with Crippen LogP contribution in [0.2, 0.25) is 0 Å². The fraction of sp³-hybridized carbons (Fsp3) is 0.0455. The van der Waals surface area contributed by atoms with Gasteiger partial charge >= 0.3 is 0 Å². The number of ketones is 1. The van der Waals surface area contributed by atoms with Crippen molar-refractivity contribution in [2.24, 2.45) is 0 Å². The maximum atomic E-state index is 13.2. The highest BCUT2D eigenvalue weighted by atomic mass is 16.2. The summed E-state index contributed by atoms with van der Waals surface area (Å²) in [4.78, 5) is 40.1. The molecule has 1 aliphatic rings. The molecule has 4 heteroatoms. The molecule has 0 fully saturated rings. The molecule has 4 nitrogen and oxygen atoms in total. The molecule has 1 unspecified atom stereocenters. The van der Waals surface area contributed by atoms with Gasteiger partial charge in [-0.05, 0) is 17.7 Å². The largest absolute Gasteiger partial charge is 0.291 e. The predicted octanol–water partition coefficient (Wildman–Crippen LogP) is 3.91. The Bertz CT molecular complexity index is 961. The van der Waals surface area contributed by atoms with Crippen molar-refractivity contribution in [3.8, 4) is 0 Å². The van der Waals surface area contributed by atoms with Gasteiger partial charge in [-0.25, -0.2) is 0 Å². The Balaban J connectivity index is 1.84. The van der Waals surface area contributed by atoms with Crippen LogP contribution in [-0.2, 0) is 0 Å². The summed E-state index contributed by atoms with van der Waals surface area (Å²) in [7, 11) is 0. The van der Waals surface area contributed by atoms with Crippen LogP contribution in [0, 0.1) is 0 Å². The lowest BCUT2D eigenvalue weighted by Gasteiger charge is -2.25. The normalized spacial score (nSPS) is 14.2. The Morgan fingerprint density at radius 2 is 1.12 bits per heavy atom. The van der Waals surface area contributed by atoms with Gasteiger partial charge in [0.05, 0.1) is 11.1 Å². The highest BCUT2D eigenvalue weighted by Crippen LogP contribution is 2.33. The van der Waals surface area contributed by atoms with Crippen LogP contribution in [0.25, 0.3) is 0 Å². The van der Waals surface area contributed by atoms with E-state index in [9.17, 15) is 14.4 Å². The van der Waals surface area contributed by atoms with E-state index < -0.39 is 17.9 Å². The van der Waals surface area contributed by atoms with Crippen molar-refractivity contribution in [1.29, 1.82) is 0 Å². The number of carbonyl (C=O) groups excluding carboxylic acids is 3. The molecule has 0 N–H and O–H groups in total. The highest BCUT2D eigenvalue weighted by molar-refractivity contribution is 6.23. The second-order valence-electron chi connectivity index (χ2n) is 6.07. The minimum Gasteiger partial charge on any atom is -0.291 e. The van der Waals surface area contributed by atoms with Gasteiger partial charge in [0.15, 0.2) is 5.78 Å². The molecule has 1 atom stereocenters. The summed E-state index contributed by atoms with van der Waals surface area (Å²) in [5.74, 6) is -1.17. The maximum Gasteiger partial charge on any atom is 0.262 e. The Morgan fingerprint density at radius 1 is 0.654 bits per heavy atom. The van der Waals surface area contributed by atoms with E-state index in [-0.39, 0.29) is 5.78 Å². The van der Waals surface area contributed by atoms with Crippen LogP contribution >= 0.6 is 0 Å². The van der Waals surface area contributed by atoms with E-state index in [1.807, 2.05) is 12.1 Å². The van der Waals surface area contributed by atoms with Crippen LogP contribution in [-0.4, -0.2) is 22.5 Å². The van der Waals surface area contributed by atoms with Crippen LogP contribution in [0.15, 0.2) is 84.9 Å². The quantitative estimate of drug-likeness (QED) is 0.534. The van der Waals surface area contributed by atoms with Gasteiger partial charge in [-0.2, -0.15) is 0 Å². The number of hydrogen-bond acceptors (Lipinski definition) is 3. The molecule has 126 valence electrons. The zero-order valence-electron chi connectivity index (χ0n) is 13.8. The third-order valence-electron chi connectivity index (χ3n) is 4.51. The first kappa shape index (κ1) is 16.0. The third kappa shape index (κ3) is 2.52. The topological polar surface area (TPSA) is 54.5 Å². The van der Waals surface area contributed by atoms with Gasteiger partial charge < -0.3 is 0 Å². The van der Waals surface area contributed by atoms with Crippen molar-refractivity contribution in [3.05, 3.63) is 107 Å². The number of nitrogens with zero attached hydrogens (tertiary/aromatic N) is 1. The number of rotatable bonds is 4. The summed E-state index contributed by atoms with van der Waals surface area (Å²) in [6.45, 7) is 0. The molecule has 0 saturated heterocycles. The summed E-state index contributed by atoms with van der Waals surface area (Å²) in [5.41, 5.74) is 1.73. The monoisotopic (exact) mass is 341 g/mol. The number of amides is 2. The average molecular weight is 341 g/mol. The van der Waals surface area contributed by atoms with E-state index in [0.29, 0.717) is 22.3 Å². The molecule has 0 radical (unpaired) electrons. The molecule has 1 aliphatic heterocycles. The van der Waals surface area contributed by atoms with Crippen LogP contribution < -0.4 is 0 Å². The summed E-state index contributed by atoms with van der Waals surface area (Å²) in [6.07, 6.45) is 0. The summed E-state index contributed by atoms with van der Waals surface area (Å²) < 4.78 is 0. The standard InChI is InChI=1S/C22H15NO3/c24-20(16-11-5-2-6-12-16)19(15-9-3-1-4-10-15)23-21(25)17-13-7-8-14-18(17)22(23)26/h1-14,19H. The van der Waals surface area contributed by atoms with E-state index in [1.165, 1.54) is 0 Å². The van der Waals surface area contributed by atoms with Crippen LogP contribution in [0.5, 0.6) is 0 Å². The second kappa shape index (κ2) is 6.41. The van der Waals surface area contributed by atoms with E-state index >= 15 is 0 Å². The minimum atomic E-state index is -0.994. The van der Waals surface area contributed by atoms with Crippen molar-refractivity contribution >= 4 is 17.6 Å². The van der Waals surface area contributed by atoms with Gasteiger partial charge in [-0.3, -0.25) is 19.3 Å². The van der Waals surface area contributed by atoms with Crippen LogP contribution in [0.4, 0.5) is 0 Å². The minimum absolute atomic E-state index is 0.286. The smallest absolute Gasteiger partial charge is 0.262 e. The number of carbonyl (C=O) groups is 3. The summed E-state index contributed by atoms with van der Waals surface area (Å²) in [5, 5.41) is 0. The number of fused-ring (bicyclic) bond motifs is 1. The molecule has 1 heterocycles. The fourth-order valence-electron chi connectivity index (χ4n) is 3.26. The van der Waals surface area contributed by atoms with Gasteiger partial charge in [0.25, 0.3) is 11.8 Å². The summed E-state index contributed by atoms with van der Waals surface area (Å²) >= 11 is 0. The zero-order chi connectivity index (χ0) is 18.1. The lowest BCUT2D eigenvalue weighted by atomic mass is 9.96. The molecule has 0 spiro atoms. The van der Waals surface area contributed by atoms with Crippen molar-refractivity contribution in [2.75, 3.05) is 0 Å². The van der Waals surface area contributed by atoms with Gasteiger partial charge in [0.2, 0.25) is 0 Å². The molecule has 4 rings (SSSR count). The molecule has 0 aromatic heterocycles. The van der Waals surface area contributed by atoms with Gasteiger partial charge in [-0.15, -0.1) is 0 Å². The van der Waals surface area contributed by atoms with Crippen molar-refractivity contribution in [1.82, 2.24) is 4.90 Å². The van der Waals surface area contributed by atoms with Gasteiger partial charge in [-0.1, -0.05) is 72.8 Å². The SMILES string of the molecule is O=C(c1ccccc1)C(c1ccccc1)N1C(=O)c2ccccc2C1=O. The first-order valence-corrected chi connectivity index (χ1v) is 8.29. The lowest BCUT2D eigenvalue weighted by molar-refractivity contribution is 0.0538. The Kier molecular flexibility index (Phi) is 3.93.